The number of epoxide rings is 1. The number of carboxylic acid groups (broad SMARTS) is 1. The summed E-state index contributed by atoms with van der Waals surface area (Å²) in [6.45, 7) is 10.1. The first kappa shape index (κ1) is 28.6. The number of aliphatic hydroxyl groups is 4. The van der Waals surface area contributed by atoms with Crippen LogP contribution in [-0.4, -0.2) is 79.2 Å². The van der Waals surface area contributed by atoms with Crippen LogP contribution in [0.3, 0.4) is 0 Å². The Morgan fingerprint density at radius 2 is 1.85 bits per heavy atom. The van der Waals surface area contributed by atoms with Gasteiger partial charge >= 0.3 is 5.97 Å². The van der Waals surface area contributed by atoms with Crippen molar-refractivity contribution in [3.63, 3.8) is 0 Å². The third kappa shape index (κ3) is 3.28. The molecule has 1 aliphatic heterocycles. The molecule has 9 nitrogen and oxygen atoms in total. The van der Waals surface area contributed by atoms with E-state index in [1.807, 2.05) is 13.8 Å². The third-order valence-electron chi connectivity index (χ3n) is 11.8. The molecule has 3 fully saturated rings. The fraction of sp³-hybridized carbons (Fsp3) is 0.767. The molecule has 0 aromatic carbocycles. The van der Waals surface area contributed by atoms with Gasteiger partial charge < -0.3 is 30.3 Å². The van der Waals surface area contributed by atoms with E-state index >= 15 is 0 Å². The van der Waals surface area contributed by atoms with Crippen molar-refractivity contribution >= 4 is 17.5 Å². The number of allylic oxidation sites excluding steroid dienone is 1. The summed E-state index contributed by atoms with van der Waals surface area (Å²) in [5, 5.41) is 54.3. The molecule has 216 valence electrons. The highest BCUT2D eigenvalue weighted by atomic mass is 16.6. The van der Waals surface area contributed by atoms with Gasteiger partial charge in [-0.3, -0.25) is 14.4 Å². The predicted molar refractivity (Wildman–Crippen MR) is 139 cm³/mol. The number of rotatable bonds is 7. The van der Waals surface area contributed by atoms with Gasteiger partial charge in [-0.2, -0.15) is 0 Å². The Hall–Kier alpha value is -1.91. The first-order chi connectivity index (χ1) is 17.9. The van der Waals surface area contributed by atoms with E-state index in [1.165, 1.54) is 19.9 Å². The quantitative estimate of drug-likeness (QED) is 0.237. The van der Waals surface area contributed by atoms with Crippen LogP contribution in [0.25, 0.3) is 0 Å². The van der Waals surface area contributed by atoms with Crippen LogP contribution < -0.4 is 0 Å². The van der Waals surface area contributed by atoms with Gasteiger partial charge in [0, 0.05) is 23.7 Å². The smallest absolute Gasteiger partial charge is 0.306 e. The summed E-state index contributed by atoms with van der Waals surface area (Å²) in [5.41, 5.74) is -5.94. The highest BCUT2D eigenvalue weighted by molar-refractivity contribution is 6.02. The van der Waals surface area contributed by atoms with E-state index in [1.54, 1.807) is 19.9 Å². The van der Waals surface area contributed by atoms with Crippen molar-refractivity contribution in [3.05, 3.63) is 23.3 Å². The molecule has 0 aromatic rings. The number of carbonyl (C=O) groups is 3. The SMILES string of the molecule is CC(CC(=O)CC(C)(O)C1=C[C@@H](O)[C@]2(C)[C@]1(C)C(=O)C=C1[C@@]3(CO)CC[C@H](O)C(C)(C)C3C[C@@H]3O[C@]132)C(=O)O. The average molecular weight is 547 g/mol. The minimum Gasteiger partial charge on any atom is -0.481 e. The second-order valence-corrected chi connectivity index (χ2v) is 14.0. The van der Waals surface area contributed by atoms with Crippen LogP contribution in [0.5, 0.6) is 0 Å². The number of Topliss-reactive ketones (excluding diaryl/α,β-unsaturated/α-hetero) is 1. The lowest BCUT2D eigenvalue weighted by Crippen LogP contribution is -2.67. The molecular formula is C30H42O9. The number of ether oxygens (including phenoxy) is 1. The molecule has 9 heteroatoms. The zero-order valence-electron chi connectivity index (χ0n) is 23.7. The molecule has 1 heterocycles. The van der Waals surface area contributed by atoms with E-state index in [0.717, 1.165) is 0 Å². The molecule has 10 atom stereocenters. The van der Waals surface area contributed by atoms with Gasteiger partial charge in [0.25, 0.3) is 0 Å². The van der Waals surface area contributed by atoms with E-state index < -0.39 is 69.2 Å². The zero-order valence-corrected chi connectivity index (χ0v) is 23.7. The number of fused-ring (bicyclic) bond motifs is 3. The standard InChI is InChI=1S/C30H42O9/c1-15(24(36)37)9-16(32)13-26(4,38)18-10-22(35)28(6)27(18,5)21(34)11-19-29(14-31)8-7-20(33)25(2,3)17(29)12-23-30(19,28)39-23/h10-11,15,17,20,22-23,31,33,35,38H,7-9,12-14H2,1-6H3,(H,36,37)/t15?,17?,20-,22+,23-,26?,27-,28+,29+,30+/m0/s1. The second kappa shape index (κ2) is 8.32. The summed E-state index contributed by atoms with van der Waals surface area (Å²) < 4.78 is 6.52. The fourth-order valence-electron chi connectivity index (χ4n) is 9.24. The molecule has 2 saturated carbocycles. The summed E-state index contributed by atoms with van der Waals surface area (Å²) in [5.74, 6) is -2.97. The van der Waals surface area contributed by atoms with Crippen molar-refractivity contribution in [1.29, 1.82) is 0 Å². The lowest BCUT2D eigenvalue weighted by atomic mass is 9.40. The Balaban J connectivity index is 1.59. The van der Waals surface area contributed by atoms with Crippen LogP contribution >= 0.6 is 0 Å². The molecule has 1 spiro atoms. The van der Waals surface area contributed by atoms with Crippen LogP contribution in [0.15, 0.2) is 23.3 Å². The van der Waals surface area contributed by atoms with Crippen molar-refractivity contribution in [2.75, 3.05) is 6.61 Å². The van der Waals surface area contributed by atoms with Crippen LogP contribution in [0.4, 0.5) is 0 Å². The number of hydrogen-bond donors (Lipinski definition) is 5. The maximum absolute atomic E-state index is 14.2. The van der Waals surface area contributed by atoms with Crippen molar-refractivity contribution in [2.24, 2.45) is 33.5 Å². The highest BCUT2D eigenvalue weighted by Gasteiger charge is 2.85. The number of hydrogen-bond acceptors (Lipinski definition) is 8. The Kier molecular flexibility index (Phi) is 6.10. The minimum absolute atomic E-state index is 0.144. The van der Waals surface area contributed by atoms with E-state index in [0.29, 0.717) is 24.8 Å². The van der Waals surface area contributed by atoms with E-state index in [4.69, 9.17) is 4.74 Å². The van der Waals surface area contributed by atoms with Crippen LogP contribution in [-0.2, 0) is 19.1 Å². The zero-order chi connectivity index (χ0) is 29.1. The minimum atomic E-state index is -1.81. The van der Waals surface area contributed by atoms with Gasteiger partial charge in [0.1, 0.15) is 11.4 Å². The van der Waals surface area contributed by atoms with Gasteiger partial charge in [-0.05, 0) is 61.7 Å². The van der Waals surface area contributed by atoms with Gasteiger partial charge in [-0.25, -0.2) is 0 Å². The number of ketones is 2. The second-order valence-electron chi connectivity index (χ2n) is 14.0. The highest BCUT2D eigenvalue weighted by Crippen LogP contribution is 2.79. The number of aliphatic hydroxyl groups excluding tert-OH is 3. The average Bonchev–Trinajstić information content (AvgIpc) is 3.53. The maximum atomic E-state index is 14.2. The monoisotopic (exact) mass is 546 g/mol. The Bertz CT molecular complexity index is 1200. The number of carbonyl (C=O) groups excluding carboxylic acids is 2. The van der Waals surface area contributed by atoms with Crippen molar-refractivity contribution in [3.8, 4) is 0 Å². The van der Waals surface area contributed by atoms with Crippen molar-refractivity contribution in [2.45, 2.75) is 103 Å². The fourth-order valence-corrected chi connectivity index (χ4v) is 9.24. The molecule has 1 saturated heterocycles. The summed E-state index contributed by atoms with van der Waals surface area (Å²) >= 11 is 0. The third-order valence-corrected chi connectivity index (χ3v) is 11.8. The molecule has 0 radical (unpaired) electrons. The van der Waals surface area contributed by atoms with E-state index in [2.05, 4.69) is 0 Å². The molecule has 0 aromatic heterocycles. The van der Waals surface area contributed by atoms with E-state index in [-0.39, 0.29) is 36.4 Å². The van der Waals surface area contributed by atoms with E-state index in [9.17, 15) is 39.9 Å². The summed E-state index contributed by atoms with van der Waals surface area (Å²) in [6, 6.07) is 0. The molecule has 5 N–H and O–H groups in total. The lowest BCUT2D eigenvalue weighted by molar-refractivity contribution is -0.151. The van der Waals surface area contributed by atoms with Crippen LogP contribution in [0, 0.1) is 33.5 Å². The first-order valence-electron chi connectivity index (χ1n) is 14.0. The molecule has 39 heavy (non-hydrogen) atoms. The lowest BCUT2D eigenvalue weighted by Gasteiger charge is -2.62. The molecule has 5 rings (SSSR count). The Morgan fingerprint density at radius 1 is 1.21 bits per heavy atom. The Labute approximate surface area is 228 Å². The van der Waals surface area contributed by atoms with Gasteiger partial charge in [0.05, 0.1) is 41.9 Å². The van der Waals surface area contributed by atoms with Crippen LogP contribution in [0.1, 0.15) is 73.6 Å². The normalized spacial score (nSPS) is 45.9. The molecule has 5 aliphatic rings. The van der Waals surface area contributed by atoms with Gasteiger partial charge in [-0.1, -0.05) is 33.8 Å². The molecule has 3 unspecified atom stereocenters. The topological polar surface area (TPSA) is 165 Å². The number of aliphatic carboxylic acids is 1. The summed E-state index contributed by atoms with van der Waals surface area (Å²) in [4.78, 5) is 38.3. The van der Waals surface area contributed by atoms with Crippen molar-refractivity contribution in [1.82, 2.24) is 0 Å². The number of carboxylic acids is 1. The maximum Gasteiger partial charge on any atom is 0.306 e. The van der Waals surface area contributed by atoms with Gasteiger partial charge in [-0.15, -0.1) is 0 Å². The van der Waals surface area contributed by atoms with Gasteiger partial charge in [0.15, 0.2) is 5.78 Å². The summed E-state index contributed by atoms with van der Waals surface area (Å²) in [6.07, 6.45) is 1.76. The Morgan fingerprint density at radius 3 is 2.44 bits per heavy atom. The molecule has 0 amide bonds. The van der Waals surface area contributed by atoms with Crippen molar-refractivity contribution < 1.29 is 44.7 Å². The first-order valence-corrected chi connectivity index (χ1v) is 14.0. The predicted octanol–water partition coefficient (Wildman–Crippen LogP) is 1.95. The largest absolute Gasteiger partial charge is 0.481 e. The van der Waals surface area contributed by atoms with Gasteiger partial charge in [0.2, 0.25) is 0 Å². The molecule has 4 aliphatic carbocycles. The van der Waals surface area contributed by atoms with Crippen LogP contribution in [0.2, 0.25) is 0 Å². The molecule has 0 bridgehead atoms. The summed E-state index contributed by atoms with van der Waals surface area (Å²) in [7, 11) is 0. The molecular weight excluding hydrogens is 504 g/mol.